The Bertz CT molecular complexity index is 1980. The topological polar surface area (TPSA) is 157 Å². The van der Waals surface area contributed by atoms with Crippen molar-refractivity contribution < 1.29 is 37.3 Å². The number of halogens is 3. The highest BCUT2D eigenvalue weighted by Crippen LogP contribution is 2.54. The molecule has 17 heteroatoms. The first-order valence-corrected chi connectivity index (χ1v) is 17.6. The minimum Gasteiger partial charge on any atom is -0.505 e. The maximum atomic E-state index is 14.3. The Morgan fingerprint density at radius 1 is 1.06 bits per heavy atom. The van der Waals surface area contributed by atoms with Crippen LogP contribution in [0, 0.1) is 17.8 Å². The van der Waals surface area contributed by atoms with Crippen LogP contribution in [0.5, 0.6) is 11.5 Å². The number of piperazine rings is 1. The van der Waals surface area contributed by atoms with Crippen LogP contribution in [0.15, 0.2) is 17.1 Å². The van der Waals surface area contributed by atoms with Crippen molar-refractivity contribution in [2.45, 2.75) is 64.2 Å². The first-order chi connectivity index (χ1) is 24.5. The smallest absolute Gasteiger partial charge is 0.392 e. The number of hydrogen-bond acceptors (Lipinski definition) is 10. The Labute approximate surface area is 290 Å². The molecule has 0 aromatic carbocycles. The van der Waals surface area contributed by atoms with Crippen molar-refractivity contribution in [1.29, 1.82) is 0 Å². The standard InChI is InChI=1S/C34H39F3N8O6/c1-2-24-29(42-6-8-43(9-7-42)33(49)28-30(47)21-5-12-51-25(21)16-38-28)31(48)27-32(41-45(40-27)20-3-10-50-11-4-20)44(24)17-26(46)39-23-15-22(34(35,36)37)18-13-19(23)14-18/h3,16,18-19,22-23,47H,2,4-15,17H2,1H3,(H,39,46)/t18?,19?,22-,23?/m1/s1. The molecule has 3 aliphatic carbocycles. The van der Waals surface area contributed by atoms with E-state index in [1.807, 2.05) is 17.9 Å². The van der Waals surface area contributed by atoms with Crippen molar-refractivity contribution in [3.63, 3.8) is 0 Å². The SMILES string of the molecule is CCc1c(N2CCN(C(=O)c3ncc4c(c3O)CCO4)CC2)c(=O)c2nn(C3=CCOCC3)nc2n1CC(=O)NC1C[C@@H](C(F)(F)F)C2CC1C2. The molecule has 0 radical (unpaired) electrons. The van der Waals surface area contributed by atoms with Crippen molar-refractivity contribution in [1.82, 2.24) is 34.8 Å². The molecule has 2 atom stereocenters. The van der Waals surface area contributed by atoms with E-state index in [1.54, 1.807) is 9.47 Å². The number of fused-ring (bicyclic) bond motifs is 4. The molecule has 272 valence electrons. The van der Waals surface area contributed by atoms with Crippen LogP contribution in [0.3, 0.4) is 0 Å². The lowest BCUT2D eigenvalue weighted by Crippen LogP contribution is -2.56. The Morgan fingerprint density at radius 3 is 2.55 bits per heavy atom. The van der Waals surface area contributed by atoms with Gasteiger partial charge in [-0.15, -0.1) is 10.2 Å². The number of carbonyl (C=O) groups excluding carboxylic acids is 2. The third kappa shape index (κ3) is 5.88. The molecule has 1 saturated heterocycles. The van der Waals surface area contributed by atoms with Crippen LogP contribution in [0.1, 0.15) is 54.4 Å². The quantitative estimate of drug-likeness (QED) is 0.373. The van der Waals surface area contributed by atoms with Crippen molar-refractivity contribution in [2.75, 3.05) is 50.9 Å². The Kier molecular flexibility index (Phi) is 8.42. The number of hydrogen-bond donors (Lipinski definition) is 2. The maximum absolute atomic E-state index is 14.3. The number of alkyl halides is 3. The summed E-state index contributed by atoms with van der Waals surface area (Å²) in [5.74, 6) is -2.41. The molecular weight excluding hydrogens is 673 g/mol. The molecule has 9 rings (SSSR count). The lowest BCUT2D eigenvalue weighted by molar-refractivity contribution is -0.220. The Morgan fingerprint density at radius 2 is 1.84 bits per heavy atom. The highest BCUT2D eigenvalue weighted by molar-refractivity contribution is 5.95. The Hall–Kier alpha value is -4.67. The van der Waals surface area contributed by atoms with Gasteiger partial charge < -0.3 is 34.3 Å². The molecule has 3 aliphatic heterocycles. The minimum atomic E-state index is -4.31. The van der Waals surface area contributed by atoms with E-state index in [-0.39, 0.29) is 79.0 Å². The lowest BCUT2D eigenvalue weighted by Gasteiger charge is -2.51. The van der Waals surface area contributed by atoms with E-state index in [9.17, 15) is 32.7 Å². The molecule has 3 saturated carbocycles. The van der Waals surface area contributed by atoms with E-state index in [4.69, 9.17) is 9.47 Å². The second kappa shape index (κ2) is 12.8. The van der Waals surface area contributed by atoms with E-state index < -0.39 is 30.0 Å². The summed E-state index contributed by atoms with van der Waals surface area (Å²) in [4.78, 5) is 50.4. The summed E-state index contributed by atoms with van der Waals surface area (Å²) in [6.45, 7) is 3.85. The van der Waals surface area contributed by atoms with E-state index in [2.05, 4.69) is 20.5 Å². The predicted molar refractivity (Wildman–Crippen MR) is 176 cm³/mol. The molecular formula is C34H39F3N8O6. The zero-order valence-corrected chi connectivity index (χ0v) is 28.1. The third-order valence-corrected chi connectivity index (χ3v) is 11.2. The van der Waals surface area contributed by atoms with Gasteiger partial charge in [0.1, 0.15) is 18.0 Å². The molecule has 51 heavy (non-hydrogen) atoms. The van der Waals surface area contributed by atoms with Crippen molar-refractivity contribution >= 4 is 34.4 Å². The van der Waals surface area contributed by atoms with Gasteiger partial charge in [0.25, 0.3) is 5.91 Å². The second-order valence-corrected chi connectivity index (χ2v) is 14.0. The maximum Gasteiger partial charge on any atom is 0.392 e. The van der Waals surface area contributed by atoms with Crippen LogP contribution < -0.4 is 20.4 Å². The molecule has 6 heterocycles. The number of carbonyl (C=O) groups is 2. The molecule has 1 unspecified atom stereocenters. The van der Waals surface area contributed by atoms with Gasteiger partial charge in [-0.3, -0.25) is 14.4 Å². The highest BCUT2D eigenvalue weighted by Gasteiger charge is 2.56. The van der Waals surface area contributed by atoms with E-state index in [0.29, 0.717) is 74.6 Å². The van der Waals surface area contributed by atoms with Gasteiger partial charge in [0.2, 0.25) is 11.3 Å². The number of amides is 2. The molecule has 2 N–H and O–H groups in total. The molecule has 6 aliphatic rings. The van der Waals surface area contributed by atoms with Gasteiger partial charge in [-0.2, -0.15) is 18.0 Å². The molecule has 3 aromatic heterocycles. The molecule has 14 nitrogen and oxygen atoms in total. The number of aromatic hydroxyl groups is 1. The zero-order valence-electron chi connectivity index (χ0n) is 28.1. The summed E-state index contributed by atoms with van der Waals surface area (Å²) in [5.41, 5.74) is 2.03. The summed E-state index contributed by atoms with van der Waals surface area (Å²) >= 11 is 0. The van der Waals surface area contributed by atoms with Gasteiger partial charge in [-0.1, -0.05) is 6.92 Å². The van der Waals surface area contributed by atoms with Crippen LogP contribution in [-0.2, 0) is 28.9 Å². The number of nitrogens with zero attached hydrogens (tertiary/aromatic N) is 7. The highest BCUT2D eigenvalue weighted by atomic mass is 19.4. The van der Waals surface area contributed by atoms with E-state index in [1.165, 1.54) is 11.0 Å². The van der Waals surface area contributed by atoms with E-state index in [0.717, 1.165) is 5.70 Å². The van der Waals surface area contributed by atoms with Crippen LogP contribution in [0.25, 0.3) is 16.9 Å². The first-order valence-electron chi connectivity index (χ1n) is 17.6. The fourth-order valence-electron chi connectivity index (χ4n) is 8.40. The van der Waals surface area contributed by atoms with E-state index >= 15 is 0 Å². The molecule has 0 spiro atoms. The fourth-order valence-corrected chi connectivity index (χ4v) is 8.40. The molecule has 2 amide bonds. The summed E-state index contributed by atoms with van der Waals surface area (Å²) in [6.07, 6.45) is 1.05. The normalized spacial score (nSPS) is 24.5. The molecule has 2 bridgehead atoms. The van der Waals surface area contributed by atoms with Gasteiger partial charge in [-0.25, -0.2) is 4.98 Å². The summed E-state index contributed by atoms with van der Waals surface area (Å²) in [5, 5.41) is 22.9. The van der Waals surface area contributed by atoms with Gasteiger partial charge in [0, 0.05) is 56.3 Å². The number of anilines is 1. The summed E-state index contributed by atoms with van der Waals surface area (Å²) in [7, 11) is 0. The number of nitrogens with one attached hydrogen (secondary N) is 1. The number of ether oxygens (including phenoxy) is 2. The summed E-state index contributed by atoms with van der Waals surface area (Å²) < 4.78 is 53.8. The number of pyridine rings is 2. The summed E-state index contributed by atoms with van der Waals surface area (Å²) in [6, 6.07) is -0.589. The van der Waals surface area contributed by atoms with Crippen LogP contribution in [0.2, 0.25) is 0 Å². The monoisotopic (exact) mass is 712 g/mol. The predicted octanol–water partition coefficient (Wildman–Crippen LogP) is 2.51. The fraction of sp³-hybridized carbons (Fsp3) is 0.588. The minimum absolute atomic E-state index is 0.00961. The van der Waals surface area contributed by atoms with Gasteiger partial charge in [-0.05, 0) is 43.6 Å². The van der Waals surface area contributed by atoms with Gasteiger partial charge >= 0.3 is 6.18 Å². The molecule has 4 fully saturated rings. The van der Waals surface area contributed by atoms with Gasteiger partial charge in [0.05, 0.1) is 37.6 Å². The first kappa shape index (κ1) is 33.5. The van der Waals surface area contributed by atoms with Crippen LogP contribution in [0.4, 0.5) is 18.9 Å². The largest absolute Gasteiger partial charge is 0.505 e. The average molecular weight is 713 g/mol. The number of rotatable bonds is 7. The molecule has 3 aromatic rings. The van der Waals surface area contributed by atoms with Crippen LogP contribution in [-0.4, -0.2) is 105 Å². The van der Waals surface area contributed by atoms with Crippen molar-refractivity contribution in [3.8, 4) is 11.5 Å². The second-order valence-electron chi connectivity index (χ2n) is 14.0. The number of aromatic nitrogens is 5. The van der Waals surface area contributed by atoms with Gasteiger partial charge in [0.15, 0.2) is 22.6 Å². The average Bonchev–Trinajstić information content (AvgIpc) is 3.78. The van der Waals surface area contributed by atoms with Crippen LogP contribution >= 0.6 is 0 Å². The van der Waals surface area contributed by atoms with Crippen molar-refractivity contribution in [3.05, 3.63) is 39.4 Å². The Balaban J connectivity index is 1.09. The third-order valence-electron chi connectivity index (χ3n) is 11.2. The van der Waals surface area contributed by atoms with Crippen molar-refractivity contribution in [2.24, 2.45) is 17.8 Å². The zero-order chi connectivity index (χ0) is 35.6. The lowest BCUT2D eigenvalue weighted by atomic mass is 9.57.